The molecule has 0 spiro atoms. The van der Waals surface area contributed by atoms with Crippen LogP contribution in [0.2, 0.25) is 0 Å². The normalized spacial score (nSPS) is 25.7. The van der Waals surface area contributed by atoms with E-state index >= 15 is 0 Å². The van der Waals surface area contributed by atoms with Crippen LogP contribution in [0.5, 0.6) is 0 Å². The summed E-state index contributed by atoms with van der Waals surface area (Å²) in [5, 5.41) is 0. The maximum Gasteiger partial charge on any atom is 0.416 e. The number of hydrogen-bond acceptors (Lipinski definition) is 3. The number of hydrogen-bond donors (Lipinski definition) is 0. The molecule has 0 radical (unpaired) electrons. The maximum atomic E-state index is 13.3. The van der Waals surface area contributed by atoms with Crippen LogP contribution in [-0.2, 0) is 15.7 Å². The fourth-order valence-electron chi connectivity index (χ4n) is 7.51. The largest absolute Gasteiger partial charge is 0.466 e. The van der Waals surface area contributed by atoms with E-state index in [9.17, 15) is 18.0 Å². The van der Waals surface area contributed by atoms with E-state index in [0.717, 1.165) is 49.8 Å². The molecule has 0 unspecified atom stereocenters. The fourth-order valence-corrected chi connectivity index (χ4v) is 7.51. The summed E-state index contributed by atoms with van der Waals surface area (Å²) in [5.74, 6) is 1.82. The first-order chi connectivity index (χ1) is 18.3. The molecule has 6 heteroatoms. The molecule has 3 atom stereocenters. The van der Waals surface area contributed by atoms with Gasteiger partial charge in [-0.15, -0.1) is 0 Å². The number of nitrogens with zero attached hydrogens (tertiary/aromatic N) is 1. The number of halogens is 3. The molecule has 0 aromatic heterocycles. The van der Waals surface area contributed by atoms with Gasteiger partial charge in [-0.2, -0.15) is 13.2 Å². The average molecular weight is 536 g/mol. The van der Waals surface area contributed by atoms with Gasteiger partial charge in [-0.25, -0.2) is 0 Å². The van der Waals surface area contributed by atoms with E-state index in [2.05, 4.69) is 4.90 Å². The highest BCUT2D eigenvalue weighted by Crippen LogP contribution is 2.42. The van der Waals surface area contributed by atoms with E-state index in [4.69, 9.17) is 4.74 Å². The summed E-state index contributed by atoms with van der Waals surface area (Å²) >= 11 is 0. The Morgan fingerprint density at radius 1 is 0.842 bits per heavy atom. The Hall–Kier alpha value is -1.56. The Labute approximate surface area is 227 Å². The first-order valence-corrected chi connectivity index (χ1v) is 15.4. The molecule has 3 aliphatic carbocycles. The predicted molar refractivity (Wildman–Crippen MR) is 146 cm³/mol. The number of benzene rings is 1. The average Bonchev–Trinajstić information content (AvgIpc) is 3.43. The standard InChI is InChI=1S/C32H48F3NO2/c1-2-38-31(37)23-26-12-17-30(29(22-26)27-13-15-28(16-14-27)32(33,34)35)36(21-19-25-10-6-7-11-25)20-18-24-8-4-3-5-9-24/h13-16,24-26,29-30H,2-12,17-23H2,1H3/t26-,29+,30-/m1/s1. The van der Waals surface area contributed by atoms with Gasteiger partial charge in [0.1, 0.15) is 0 Å². The molecule has 0 amide bonds. The molecule has 0 saturated heterocycles. The van der Waals surface area contributed by atoms with Crippen LogP contribution in [0.3, 0.4) is 0 Å². The van der Waals surface area contributed by atoms with Gasteiger partial charge < -0.3 is 4.74 Å². The first-order valence-electron chi connectivity index (χ1n) is 15.4. The van der Waals surface area contributed by atoms with Crippen molar-refractivity contribution in [3.8, 4) is 0 Å². The molecule has 3 aliphatic rings. The van der Waals surface area contributed by atoms with Crippen molar-refractivity contribution in [1.82, 2.24) is 4.90 Å². The zero-order valence-corrected chi connectivity index (χ0v) is 23.3. The Bertz CT molecular complexity index is 843. The Kier molecular flexibility index (Phi) is 11.0. The van der Waals surface area contributed by atoms with Gasteiger partial charge in [-0.3, -0.25) is 9.69 Å². The topological polar surface area (TPSA) is 29.5 Å². The van der Waals surface area contributed by atoms with Gasteiger partial charge >= 0.3 is 12.1 Å². The van der Waals surface area contributed by atoms with Crippen molar-refractivity contribution in [1.29, 1.82) is 0 Å². The van der Waals surface area contributed by atoms with Gasteiger partial charge in [0.25, 0.3) is 0 Å². The van der Waals surface area contributed by atoms with Gasteiger partial charge in [0.15, 0.2) is 0 Å². The van der Waals surface area contributed by atoms with Crippen LogP contribution in [-0.4, -0.2) is 36.6 Å². The lowest BCUT2D eigenvalue weighted by Crippen LogP contribution is -2.45. The molecule has 0 bridgehead atoms. The summed E-state index contributed by atoms with van der Waals surface area (Å²) in [7, 11) is 0. The van der Waals surface area contributed by atoms with Crippen LogP contribution < -0.4 is 0 Å². The van der Waals surface area contributed by atoms with Crippen LogP contribution in [0, 0.1) is 17.8 Å². The van der Waals surface area contributed by atoms with Gasteiger partial charge in [-0.1, -0.05) is 69.9 Å². The minimum Gasteiger partial charge on any atom is -0.466 e. The highest BCUT2D eigenvalue weighted by Gasteiger charge is 2.37. The van der Waals surface area contributed by atoms with Crippen molar-refractivity contribution < 1.29 is 22.7 Å². The molecule has 38 heavy (non-hydrogen) atoms. The minimum absolute atomic E-state index is 0.139. The number of rotatable bonds is 11. The molecule has 214 valence electrons. The molecule has 3 nitrogen and oxygen atoms in total. The molecule has 4 rings (SSSR count). The molecule has 3 fully saturated rings. The summed E-state index contributed by atoms with van der Waals surface area (Å²) in [6.45, 7) is 4.38. The summed E-state index contributed by atoms with van der Waals surface area (Å²) in [6, 6.07) is 6.20. The van der Waals surface area contributed by atoms with Gasteiger partial charge in [0, 0.05) is 12.5 Å². The predicted octanol–water partition coefficient (Wildman–Crippen LogP) is 8.76. The number of ether oxygens (including phenoxy) is 1. The summed E-state index contributed by atoms with van der Waals surface area (Å²) in [4.78, 5) is 15.0. The third kappa shape index (κ3) is 8.47. The smallest absolute Gasteiger partial charge is 0.416 e. The van der Waals surface area contributed by atoms with E-state index in [1.165, 1.54) is 82.8 Å². The van der Waals surface area contributed by atoms with E-state index < -0.39 is 11.7 Å². The van der Waals surface area contributed by atoms with Crippen molar-refractivity contribution in [2.75, 3.05) is 19.7 Å². The monoisotopic (exact) mass is 535 g/mol. The maximum absolute atomic E-state index is 13.3. The Balaban J connectivity index is 1.53. The summed E-state index contributed by atoms with van der Waals surface area (Å²) in [5.41, 5.74) is 0.396. The van der Waals surface area contributed by atoms with E-state index in [0.29, 0.717) is 19.1 Å². The third-order valence-electron chi connectivity index (χ3n) is 9.67. The molecule has 0 N–H and O–H groups in total. The van der Waals surface area contributed by atoms with Crippen molar-refractivity contribution in [2.45, 2.75) is 121 Å². The fraction of sp³-hybridized carbons (Fsp3) is 0.781. The van der Waals surface area contributed by atoms with Crippen LogP contribution in [0.25, 0.3) is 0 Å². The lowest BCUT2D eigenvalue weighted by atomic mass is 9.72. The van der Waals surface area contributed by atoms with Crippen LogP contribution in [0.15, 0.2) is 24.3 Å². The Morgan fingerprint density at radius 2 is 1.42 bits per heavy atom. The van der Waals surface area contributed by atoms with Gasteiger partial charge in [0.05, 0.1) is 12.2 Å². The number of esters is 1. The van der Waals surface area contributed by atoms with Crippen molar-refractivity contribution in [2.24, 2.45) is 17.8 Å². The first kappa shape index (κ1) is 29.4. The zero-order valence-electron chi connectivity index (χ0n) is 23.3. The summed E-state index contributed by atoms with van der Waals surface area (Å²) < 4.78 is 45.2. The second kappa shape index (κ2) is 14.2. The van der Waals surface area contributed by atoms with Crippen LogP contribution in [0.1, 0.15) is 120 Å². The minimum atomic E-state index is -4.33. The summed E-state index contributed by atoms with van der Waals surface area (Å²) in [6.07, 6.45) is 13.4. The molecule has 0 aliphatic heterocycles. The number of alkyl halides is 3. The van der Waals surface area contributed by atoms with Gasteiger partial charge in [-0.05, 0) is 93.5 Å². The van der Waals surface area contributed by atoms with Crippen molar-refractivity contribution in [3.05, 3.63) is 35.4 Å². The number of carbonyl (C=O) groups is 1. The highest BCUT2D eigenvalue weighted by atomic mass is 19.4. The third-order valence-corrected chi connectivity index (χ3v) is 9.67. The quantitative estimate of drug-likeness (QED) is 0.265. The molecule has 1 aromatic carbocycles. The second-order valence-corrected chi connectivity index (χ2v) is 12.2. The lowest BCUT2D eigenvalue weighted by molar-refractivity contribution is -0.144. The van der Waals surface area contributed by atoms with Crippen molar-refractivity contribution in [3.63, 3.8) is 0 Å². The molecule has 0 heterocycles. The van der Waals surface area contributed by atoms with Crippen LogP contribution >= 0.6 is 0 Å². The Morgan fingerprint density at radius 3 is 1.97 bits per heavy atom. The lowest BCUT2D eigenvalue weighted by Gasteiger charge is -2.44. The second-order valence-electron chi connectivity index (χ2n) is 12.2. The van der Waals surface area contributed by atoms with Crippen molar-refractivity contribution >= 4 is 5.97 Å². The van der Waals surface area contributed by atoms with Gasteiger partial charge in [0.2, 0.25) is 0 Å². The highest BCUT2D eigenvalue weighted by molar-refractivity contribution is 5.69. The zero-order chi connectivity index (χ0) is 27.0. The number of carbonyl (C=O) groups excluding carboxylic acids is 1. The molecular formula is C32H48F3NO2. The SMILES string of the molecule is CCOC(=O)C[C@@H]1CC[C@@H](N(CCC2CCCCC2)CCC2CCCC2)[C@H](c2ccc(C(F)(F)F)cc2)C1. The molecule has 3 saturated carbocycles. The molecule has 1 aromatic rings. The van der Waals surface area contributed by atoms with E-state index in [1.807, 2.05) is 6.92 Å². The van der Waals surface area contributed by atoms with Crippen LogP contribution in [0.4, 0.5) is 13.2 Å². The van der Waals surface area contributed by atoms with E-state index in [-0.39, 0.29) is 17.8 Å². The molecular weight excluding hydrogens is 487 g/mol. The van der Waals surface area contributed by atoms with E-state index in [1.54, 1.807) is 12.1 Å².